The molecule has 0 aromatic heterocycles. The quantitative estimate of drug-likeness (QED) is 0.913. The van der Waals surface area contributed by atoms with Gasteiger partial charge in [0, 0.05) is 16.6 Å². The fourth-order valence-corrected chi connectivity index (χ4v) is 2.13. The summed E-state index contributed by atoms with van der Waals surface area (Å²) in [7, 11) is 1.63. The summed E-state index contributed by atoms with van der Waals surface area (Å²) in [5.41, 5.74) is 8.42. The monoisotopic (exact) mass is 261 g/mol. The molecule has 0 spiro atoms. The second kappa shape index (κ2) is 5.89. The second-order valence-corrected chi connectivity index (χ2v) is 4.62. The summed E-state index contributed by atoms with van der Waals surface area (Å²) >= 11 is 5.94. The van der Waals surface area contributed by atoms with Gasteiger partial charge in [-0.1, -0.05) is 48.0 Å². The van der Waals surface area contributed by atoms with Crippen LogP contribution in [0.3, 0.4) is 0 Å². The van der Waals surface area contributed by atoms with Gasteiger partial charge in [-0.05, 0) is 24.1 Å². The van der Waals surface area contributed by atoms with Crippen molar-refractivity contribution in [2.45, 2.75) is 12.5 Å². The van der Waals surface area contributed by atoms with Crippen molar-refractivity contribution >= 4 is 11.6 Å². The zero-order valence-corrected chi connectivity index (χ0v) is 11.0. The van der Waals surface area contributed by atoms with Crippen molar-refractivity contribution < 1.29 is 4.74 Å². The fourth-order valence-electron chi connectivity index (χ4n) is 1.97. The number of hydrogen-bond donors (Lipinski definition) is 1. The molecule has 0 saturated heterocycles. The molecule has 0 amide bonds. The summed E-state index contributed by atoms with van der Waals surface area (Å²) in [6.07, 6.45) is 0.777. The smallest absolute Gasteiger partial charge is 0.125 e. The van der Waals surface area contributed by atoms with Gasteiger partial charge in [0.25, 0.3) is 0 Å². The molecular weight excluding hydrogens is 246 g/mol. The predicted octanol–water partition coefficient (Wildman–Crippen LogP) is 3.59. The van der Waals surface area contributed by atoms with E-state index in [1.807, 2.05) is 30.3 Å². The van der Waals surface area contributed by atoms with Crippen molar-refractivity contribution in [2.75, 3.05) is 7.11 Å². The number of rotatable bonds is 4. The Morgan fingerprint density at radius 3 is 2.56 bits per heavy atom. The third kappa shape index (κ3) is 3.03. The Morgan fingerprint density at radius 1 is 1.17 bits per heavy atom. The summed E-state index contributed by atoms with van der Waals surface area (Å²) < 4.78 is 5.32. The predicted molar refractivity (Wildman–Crippen MR) is 75.1 cm³/mol. The molecule has 2 aromatic carbocycles. The van der Waals surface area contributed by atoms with E-state index < -0.39 is 0 Å². The largest absolute Gasteiger partial charge is 0.496 e. The van der Waals surface area contributed by atoms with Gasteiger partial charge in [0.2, 0.25) is 0 Å². The summed E-state index contributed by atoms with van der Waals surface area (Å²) in [5.74, 6) is 0.742. The molecule has 0 aliphatic rings. The molecule has 2 aromatic rings. The third-order valence-electron chi connectivity index (χ3n) is 2.89. The molecule has 18 heavy (non-hydrogen) atoms. The molecule has 0 fully saturated rings. The second-order valence-electron chi connectivity index (χ2n) is 4.18. The maximum Gasteiger partial charge on any atom is 0.125 e. The highest BCUT2D eigenvalue weighted by Crippen LogP contribution is 2.28. The van der Waals surface area contributed by atoms with Crippen LogP contribution in [0.1, 0.15) is 17.2 Å². The summed E-state index contributed by atoms with van der Waals surface area (Å²) in [5, 5.41) is 0.655. The first-order chi connectivity index (χ1) is 8.70. The maximum absolute atomic E-state index is 6.23. The van der Waals surface area contributed by atoms with Crippen molar-refractivity contribution in [3.8, 4) is 5.75 Å². The van der Waals surface area contributed by atoms with Crippen LogP contribution in [0.2, 0.25) is 5.02 Å². The lowest BCUT2D eigenvalue weighted by Crippen LogP contribution is -2.14. The Labute approximate surface area is 112 Å². The highest BCUT2D eigenvalue weighted by molar-refractivity contribution is 6.30. The number of hydrogen-bond acceptors (Lipinski definition) is 2. The average molecular weight is 262 g/mol. The van der Waals surface area contributed by atoms with Gasteiger partial charge in [-0.3, -0.25) is 0 Å². The molecule has 1 atom stereocenters. The first-order valence-corrected chi connectivity index (χ1v) is 6.21. The van der Waals surface area contributed by atoms with E-state index >= 15 is 0 Å². The summed E-state index contributed by atoms with van der Waals surface area (Å²) in [6.45, 7) is 0. The van der Waals surface area contributed by atoms with Crippen molar-refractivity contribution in [1.29, 1.82) is 0 Å². The van der Waals surface area contributed by atoms with Gasteiger partial charge >= 0.3 is 0 Å². The lowest BCUT2D eigenvalue weighted by atomic mass is 9.99. The third-order valence-corrected chi connectivity index (χ3v) is 3.13. The molecule has 2 N–H and O–H groups in total. The van der Waals surface area contributed by atoms with E-state index in [-0.39, 0.29) is 6.04 Å². The van der Waals surface area contributed by atoms with Crippen molar-refractivity contribution in [1.82, 2.24) is 0 Å². The van der Waals surface area contributed by atoms with Gasteiger partial charge in [0.05, 0.1) is 7.11 Å². The minimum absolute atomic E-state index is 0.0976. The molecular formula is C15H16ClNO. The maximum atomic E-state index is 6.23. The average Bonchev–Trinajstić information content (AvgIpc) is 2.39. The Balaban J connectivity index is 2.21. The minimum Gasteiger partial charge on any atom is -0.496 e. The van der Waals surface area contributed by atoms with Gasteiger partial charge in [-0.2, -0.15) is 0 Å². The van der Waals surface area contributed by atoms with Crippen LogP contribution in [-0.4, -0.2) is 7.11 Å². The molecule has 0 bridgehead atoms. The minimum atomic E-state index is -0.0976. The molecule has 0 aliphatic heterocycles. The van der Waals surface area contributed by atoms with E-state index in [2.05, 4.69) is 12.1 Å². The van der Waals surface area contributed by atoms with Gasteiger partial charge in [0.15, 0.2) is 0 Å². The summed E-state index contributed by atoms with van der Waals surface area (Å²) in [4.78, 5) is 0. The topological polar surface area (TPSA) is 35.2 Å². The molecule has 94 valence electrons. The Kier molecular flexibility index (Phi) is 4.24. The van der Waals surface area contributed by atoms with Crippen LogP contribution >= 0.6 is 11.6 Å². The van der Waals surface area contributed by atoms with Gasteiger partial charge in [-0.15, -0.1) is 0 Å². The van der Waals surface area contributed by atoms with Crippen LogP contribution in [-0.2, 0) is 6.42 Å². The van der Waals surface area contributed by atoms with Crippen molar-refractivity contribution in [2.24, 2.45) is 5.73 Å². The zero-order chi connectivity index (χ0) is 13.0. The van der Waals surface area contributed by atoms with Gasteiger partial charge in [0.1, 0.15) is 5.75 Å². The van der Waals surface area contributed by atoms with Gasteiger partial charge in [-0.25, -0.2) is 0 Å². The summed E-state index contributed by atoms with van der Waals surface area (Å²) in [6, 6.07) is 15.6. The molecule has 1 unspecified atom stereocenters. The Hall–Kier alpha value is -1.51. The van der Waals surface area contributed by atoms with Crippen LogP contribution in [0.4, 0.5) is 0 Å². The van der Waals surface area contributed by atoms with Crippen LogP contribution in [0.25, 0.3) is 0 Å². The highest BCUT2D eigenvalue weighted by Gasteiger charge is 2.12. The molecule has 0 saturated carbocycles. The van der Waals surface area contributed by atoms with E-state index in [1.165, 1.54) is 5.56 Å². The first-order valence-electron chi connectivity index (χ1n) is 5.83. The lowest BCUT2D eigenvalue weighted by molar-refractivity contribution is 0.405. The molecule has 3 heteroatoms. The van der Waals surface area contributed by atoms with Crippen LogP contribution < -0.4 is 10.5 Å². The SMILES string of the molecule is COc1cc(Cl)ccc1C(N)Cc1ccccc1. The van der Waals surface area contributed by atoms with E-state index in [4.69, 9.17) is 22.1 Å². The number of halogens is 1. The van der Waals surface area contributed by atoms with E-state index in [9.17, 15) is 0 Å². The van der Waals surface area contributed by atoms with E-state index in [1.54, 1.807) is 13.2 Å². The molecule has 0 radical (unpaired) electrons. The molecule has 0 aliphatic carbocycles. The van der Waals surface area contributed by atoms with Gasteiger partial charge < -0.3 is 10.5 Å². The van der Waals surface area contributed by atoms with Crippen LogP contribution in [0.5, 0.6) is 5.75 Å². The number of methoxy groups -OCH3 is 1. The Bertz CT molecular complexity index is 513. The lowest BCUT2D eigenvalue weighted by Gasteiger charge is -2.16. The normalized spacial score (nSPS) is 12.2. The van der Waals surface area contributed by atoms with Crippen molar-refractivity contribution in [3.05, 3.63) is 64.7 Å². The molecule has 2 rings (SSSR count). The first kappa shape index (κ1) is 12.9. The fraction of sp³-hybridized carbons (Fsp3) is 0.200. The number of benzene rings is 2. The number of nitrogens with two attached hydrogens (primary N) is 1. The van der Waals surface area contributed by atoms with Crippen LogP contribution in [0.15, 0.2) is 48.5 Å². The van der Waals surface area contributed by atoms with Crippen LogP contribution in [0, 0.1) is 0 Å². The molecule has 2 nitrogen and oxygen atoms in total. The standard InChI is InChI=1S/C15H16ClNO/c1-18-15-10-12(16)7-8-13(15)14(17)9-11-5-3-2-4-6-11/h2-8,10,14H,9,17H2,1H3. The molecule has 0 heterocycles. The van der Waals surface area contributed by atoms with E-state index in [0.29, 0.717) is 5.02 Å². The highest BCUT2D eigenvalue weighted by atomic mass is 35.5. The van der Waals surface area contributed by atoms with E-state index in [0.717, 1.165) is 17.7 Å². The zero-order valence-electron chi connectivity index (χ0n) is 10.3. The number of ether oxygens (including phenoxy) is 1. The Morgan fingerprint density at radius 2 is 1.89 bits per heavy atom. The van der Waals surface area contributed by atoms with Crippen molar-refractivity contribution in [3.63, 3.8) is 0 Å².